The van der Waals surface area contributed by atoms with Crippen molar-refractivity contribution in [1.29, 1.82) is 0 Å². The number of aromatic nitrogens is 2. The first-order chi connectivity index (χ1) is 8.79. The number of alkyl halides is 1. The zero-order valence-corrected chi connectivity index (χ0v) is 11.7. The van der Waals surface area contributed by atoms with Crippen LogP contribution < -0.4 is 4.74 Å². The number of halogens is 1. The Hall–Kier alpha value is -0.830. The van der Waals surface area contributed by atoms with Gasteiger partial charge in [0.05, 0.1) is 7.11 Å². The van der Waals surface area contributed by atoms with E-state index < -0.39 is 0 Å². The normalized spacial score (nSPS) is 19.2. The van der Waals surface area contributed by atoms with Crippen molar-refractivity contribution in [2.45, 2.75) is 50.3 Å². The van der Waals surface area contributed by atoms with E-state index in [1.165, 1.54) is 38.5 Å². The third kappa shape index (κ3) is 3.84. The molecule has 1 saturated carbocycles. The topological polar surface area (TPSA) is 35.0 Å². The van der Waals surface area contributed by atoms with Crippen LogP contribution in [0.5, 0.6) is 5.88 Å². The van der Waals surface area contributed by atoms with Crippen LogP contribution >= 0.6 is 11.6 Å². The Morgan fingerprint density at radius 1 is 1.28 bits per heavy atom. The number of nitrogens with zero attached hydrogens (tertiary/aromatic N) is 2. The van der Waals surface area contributed by atoms with Crippen molar-refractivity contribution in [2.75, 3.05) is 7.11 Å². The van der Waals surface area contributed by atoms with Gasteiger partial charge in [-0.15, -0.1) is 11.6 Å². The first kappa shape index (κ1) is 13.6. The molecule has 1 aliphatic carbocycles. The molecule has 0 saturated heterocycles. The van der Waals surface area contributed by atoms with Crippen molar-refractivity contribution < 1.29 is 4.74 Å². The Kier molecular flexibility index (Phi) is 5.24. The molecule has 18 heavy (non-hydrogen) atoms. The monoisotopic (exact) mass is 268 g/mol. The van der Waals surface area contributed by atoms with Gasteiger partial charge in [0, 0.05) is 23.6 Å². The molecule has 1 aromatic heterocycles. The molecule has 0 aliphatic heterocycles. The van der Waals surface area contributed by atoms with Gasteiger partial charge in [-0.25, -0.2) is 9.97 Å². The molecule has 1 fully saturated rings. The lowest BCUT2D eigenvalue weighted by atomic mass is 9.93. The smallest absolute Gasteiger partial charge is 0.216 e. The highest BCUT2D eigenvalue weighted by molar-refractivity contribution is 6.20. The van der Waals surface area contributed by atoms with E-state index in [4.69, 9.17) is 16.3 Å². The first-order valence-corrected chi connectivity index (χ1v) is 7.22. The van der Waals surface area contributed by atoms with Crippen molar-refractivity contribution in [3.05, 3.63) is 18.1 Å². The number of ether oxygens (including phenoxy) is 1. The van der Waals surface area contributed by atoms with Crippen LogP contribution in [-0.4, -0.2) is 22.5 Å². The highest BCUT2D eigenvalue weighted by Gasteiger charge is 2.21. The SMILES string of the molecule is COc1cc(CC(Cl)C2CCCCCC2)ncn1. The van der Waals surface area contributed by atoms with Gasteiger partial charge in [-0.2, -0.15) is 0 Å². The largest absolute Gasteiger partial charge is 0.481 e. The van der Waals surface area contributed by atoms with E-state index in [-0.39, 0.29) is 5.38 Å². The molecule has 1 atom stereocenters. The van der Waals surface area contributed by atoms with Crippen LogP contribution in [0, 0.1) is 5.92 Å². The van der Waals surface area contributed by atoms with E-state index in [0.29, 0.717) is 11.8 Å². The fraction of sp³-hybridized carbons (Fsp3) is 0.714. The van der Waals surface area contributed by atoms with Gasteiger partial charge in [0.25, 0.3) is 0 Å². The molecule has 1 heterocycles. The number of hydrogen-bond acceptors (Lipinski definition) is 3. The maximum atomic E-state index is 6.56. The molecule has 1 unspecified atom stereocenters. The summed E-state index contributed by atoms with van der Waals surface area (Å²) < 4.78 is 5.11. The predicted molar refractivity (Wildman–Crippen MR) is 73.1 cm³/mol. The number of rotatable bonds is 4. The minimum atomic E-state index is 0.183. The maximum absolute atomic E-state index is 6.56. The minimum absolute atomic E-state index is 0.183. The summed E-state index contributed by atoms with van der Waals surface area (Å²) >= 11 is 6.56. The molecule has 0 radical (unpaired) electrons. The molecule has 1 aromatic rings. The van der Waals surface area contributed by atoms with Crippen LogP contribution in [0.4, 0.5) is 0 Å². The lowest BCUT2D eigenvalue weighted by Gasteiger charge is -2.20. The summed E-state index contributed by atoms with van der Waals surface area (Å²) in [6.07, 6.45) is 10.2. The van der Waals surface area contributed by atoms with Crippen LogP contribution in [0.3, 0.4) is 0 Å². The van der Waals surface area contributed by atoms with E-state index >= 15 is 0 Å². The van der Waals surface area contributed by atoms with Crippen molar-refractivity contribution in [1.82, 2.24) is 9.97 Å². The molecule has 4 heteroatoms. The van der Waals surface area contributed by atoms with Crippen LogP contribution in [0.25, 0.3) is 0 Å². The number of hydrogen-bond donors (Lipinski definition) is 0. The standard InChI is InChI=1S/C14H21ClN2O/c1-18-14-9-12(16-10-17-14)8-13(15)11-6-4-2-3-5-7-11/h9-11,13H,2-8H2,1H3. The second-order valence-corrected chi connectivity index (χ2v) is 5.58. The molecule has 0 N–H and O–H groups in total. The average molecular weight is 269 g/mol. The fourth-order valence-electron chi connectivity index (χ4n) is 2.64. The summed E-state index contributed by atoms with van der Waals surface area (Å²) in [5.41, 5.74) is 0.978. The van der Waals surface area contributed by atoms with Crippen molar-refractivity contribution >= 4 is 11.6 Å². The van der Waals surface area contributed by atoms with Crippen LogP contribution in [0.1, 0.15) is 44.2 Å². The molecule has 0 spiro atoms. The van der Waals surface area contributed by atoms with Gasteiger partial charge in [-0.1, -0.05) is 25.7 Å². The van der Waals surface area contributed by atoms with Gasteiger partial charge >= 0.3 is 0 Å². The highest BCUT2D eigenvalue weighted by atomic mass is 35.5. The summed E-state index contributed by atoms with van der Waals surface area (Å²) in [6, 6.07) is 1.88. The molecule has 0 amide bonds. The zero-order valence-electron chi connectivity index (χ0n) is 10.9. The van der Waals surface area contributed by atoms with Crippen LogP contribution in [-0.2, 0) is 6.42 Å². The van der Waals surface area contributed by atoms with Crippen molar-refractivity contribution in [3.63, 3.8) is 0 Å². The summed E-state index contributed by atoms with van der Waals surface area (Å²) in [5, 5.41) is 0.183. The number of methoxy groups -OCH3 is 1. The van der Waals surface area contributed by atoms with Gasteiger partial charge in [-0.3, -0.25) is 0 Å². The third-order valence-electron chi connectivity index (χ3n) is 3.72. The zero-order chi connectivity index (χ0) is 12.8. The van der Waals surface area contributed by atoms with E-state index in [2.05, 4.69) is 9.97 Å². The fourth-order valence-corrected chi connectivity index (χ4v) is 3.05. The van der Waals surface area contributed by atoms with E-state index in [0.717, 1.165) is 12.1 Å². The Balaban J connectivity index is 1.94. The quantitative estimate of drug-likeness (QED) is 0.618. The first-order valence-electron chi connectivity index (χ1n) is 6.78. The Bertz CT molecular complexity index is 365. The third-order valence-corrected chi connectivity index (χ3v) is 4.23. The van der Waals surface area contributed by atoms with Gasteiger partial charge in [0.1, 0.15) is 6.33 Å². The predicted octanol–water partition coefficient (Wildman–Crippen LogP) is 3.61. The molecule has 0 aromatic carbocycles. The average Bonchev–Trinajstić information content (AvgIpc) is 2.68. The molecule has 2 rings (SSSR count). The van der Waals surface area contributed by atoms with Crippen LogP contribution in [0.15, 0.2) is 12.4 Å². The summed E-state index contributed by atoms with van der Waals surface area (Å²) in [7, 11) is 1.62. The molecule has 100 valence electrons. The molecular formula is C14H21ClN2O. The Labute approximate surface area is 114 Å². The lowest BCUT2D eigenvalue weighted by Crippen LogP contribution is -2.17. The molecule has 1 aliphatic rings. The summed E-state index contributed by atoms with van der Waals surface area (Å²) in [4.78, 5) is 8.29. The molecule has 0 bridgehead atoms. The molecule has 3 nitrogen and oxygen atoms in total. The Morgan fingerprint density at radius 2 is 2.00 bits per heavy atom. The van der Waals surface area contributed by atoms with Gasteiger partial charge in [-0.05, 0) is 18.8 Å². The highest BCUT2D eigenvalue weighted by Crippen LogP contribution is 2.30. The maximum Gasteiger partial charge on any atom is 0.216 e. The van der Waals surface area contributed by atoms with E-state index in [1.807, 2.05) is 6.07 Å². The van der Waals surface area contributed by atoms with E-state index in [9.17, 15) is 0 Å². The van der Waals surface area contributed by atoms with E-state index in [1.54, 1.807) is 13.4 Å². The van der Waals surface area contributed by atoms with Crippen molar-refractivity contribution in [3.8, 4) is 5.88 Å². The summed E-state index contributed by atoms with van der Waals surface area (Å²) in [5.74, 6) is 1.25. The second-order valence-electron chi connectivity index (χ2n) is 5.02. The second kappa shape index (κ2) is 6.93. The Morgan fingerprint density at radius 3 is 2.67 bits per heavy atom. The van der Waals surface area contributed by atoms with Crippen molar-refractivity contribution in [2.24, 2.45) is 5.92 Å². The lowest BCUT2D eigenvalue weighted by molar-refractivity contribution is 0.394. The minimum Gasteiger partial charge on any atom is -0.481 e. The van der Waals surface area contributed by atoms with Gasteiger partial charge in [0.15, 0.2) is 0 Å². The summed E-state index contributed by atoms with van der Waals surface area (Å²) in [6.45, 7) is 0. The van der Waals surface area contributed by atoms with Gasteiger partial charge in [0.2, 0.25) is 5.88 Å². The molecular weight excluding hydrogens is 248 g/mol. The van der Waals surface area contributed by atoms with Gasteiger partial charge < -0.3 is 4.74 Å². The van der Waals surface area contributed by atoms with Crippen LogP contribution in [0.2, 0.25) is 0 Å².